The monoisotopic (exact) mass is 295 g/mol. The molecule has 0 saturated carbocycles. The fourth-order valence-electron chi connectivity index (χ4n) is 1.63. The fraction of sp³-hybridized carbons (Fsp3) is 0.455. The standard InChI is InChI=1S/C11H12F3NO3S/c12-11(13,14)19(16)5-4-15-6-8-2-1-3-9-10(8)18-7-17-9/h1-3,15H,4-7H2. The van der Waals surface area contributed by atoms with Crippen LogP contribution in [0, 0.1) is 0 Å². The lowest BCUT2D eigenvalue weighted by molar-refractivity contribution is -0.0384. The van der Waals surface area contributed by atoms with Crippen molar-refractivity contribution in [2.75, 3.05) is 19.1 Å². The summed E-state index contributed by atoms with van der Waals surface area (Å²) in [4.78, 5) is 0. The zero-order valence-corrected chi connectivity index (χ0v) is 10.6. The first-order chi connectivity index (χ1) is 8.98. The highest BCUT2D eigenvalue weighted by Gasteiger charge is 2.35. The van der Waals surface area contributed by atoms with Crippen LogP contribution in [-0.2, 0) is 17.3 Å². The number of hydrogen-bond acceptors (Lipinski definition) is 4. The fourth-order valence-corrected chi connectivity index (χ4v) is 2.19. The average Bonchev–Trinajstić information content (AvgIpc) is 2.81. The van der Waals surface area contributed by atoms with Gasteiger partial charge in [0.05, 0.1) is 0 Å². The molecule has 4 nitrogen and oxygen atoms in total. The predicted molar refractivity (Wildman–Crippen MR) is 63.3 cm³/mol. The Labute approximate surface area is 110 Å². The van der Waals surface area contributed by atoms with Gasteiger partial charge < -0.3 is 14.8 Å². The molecule has 1 aliphatic rings. The second-order valence-corrected chi connectivity index (χ2v) is 5.39. The summed E-state index contributed by atoms with van der Waals surface area (Å²) in [6.45, 7) is 0.489. The van der Waals surface area contributed by atoms with E-state index in [4.69, 9.17) is 9.47 Å². The van der Waals surface area contributed by atoms with E-state index < -0.39 is 22.1 Å². The lowest BCUT2D eigenvalue weighted by Crippen LogP contribution is -2.26. The van der Waals surface area contributed by atoms with Gasteiger partial charge in [-0.1, -0.05) is 12.1 Å². The quantitative estimate of drug-likeness (QED) is 0.841. The first-order valence-electron chi connectivity index (χ1n) is 5.52. The van der Waals surface area contributed by atoms with Crippen molar-refractivity contribution in [3.8, 4) is 11.5 Å². The molecule has 19 heavy (non-hydrogen) atoms. The van der Waals surface area contributed by atoms with Gasteiger partial charge >= 0.3 is 5.51 Å². The van der Waals surface area contributed by atoms with Crippen LogP contribution in [0.5, 0.6) is 11.5 Å². The van der Waals surface area contributed by atoms with Gasteiger partial charge in [0, 0.05) is 24.4 Å². The molecule has 0 aliphatic carbocycles. The molecule has 0 fully saturated rings. The van der Waals surface area contributed by atoms with E-state index in [1.165, 1.54) is 0 Å². The van der Waals surface area contributed by atoms with Gasteiger partial charge in [0.25, 0.3) is 0 Å². The third-order valence-corrected chi connectivity index (χ3v) is 3.61. The highest BCUT2D eigenvalue weighted by molar-refractivity contribution is 7.85. The van der Waals surface area contributed by atoms with Gasteiger partial charge in [-0.15, -0.1) is 0 Å². The number of alkyl halides is 3. The summed E-state index contributed by atoms with van der Waals surface area (Å²) < 4.78 is 57.2. The lowest BCUT2D eigenvalue weighted by atomic mass is 10.2. The van der Waals surface area contributed by atoms with Crippen LogP contribution in [0.2, 0.25) is 0 Å². The molecule has 0 radical (unpaired) electrons. The second kappa shape index (κ2) is 5.79. The average molecular weight is 295 g/mol. The van der Waals surface area contributed by atoms with Crippen molar-refractivity contribution in [1.29, 1.82) is 0 Å². The highest BCUT2D eigenvalue weighted by atomic mass is 32.2. The molecule has 0 amide bonds. The Balaban J connectivity index is 1.81. The third kappa shape index (κ3) is 3.60. The minimum atomic E-state index is -4.65. The zero-order valence-electron chi connectivity index (χ0n) is 9.83. The van der Waals surface area contributed by atoms with Crippen LogP contribution in [0.1, 0.15) is 5.56 Å². The summed E-state index contributed by atoms with van der Waals surface area (Å²) in [6.07, 6.45) is 0. The number of para-hydroxylation sites is 1. The van der Waals surface area contributed by atoms with Crippen molar-refractivity contribution in [2.45, 2.75) is 12.1 Å². The molecule has 0 saturated heterocycles. The molecule has 8 heteroatoms. The smallest absolute Gasteiger partial charge is 0.454 e. The Morgan fingerprint density at radius 1 is 1.32 bits per heavy atom. The summed E-state index contributed by atoms with van der Waals surface area (Å²) in [6, 6.07) is 5.32. The summed E-state index contributed by atoms with van der Waals surface area (Å²) in [5.74, 6) is 0.765. The van der Waals surface area contributed by atoms with Gasteiger partial charge in [0.2, 0.25) is 6.79 Å². The Bertz CT molecular complexity index is 479. The summed E-state index contributed by atoms with van der Waals surface area (Å²) in [5.41, 5.74) is -3.85. The van der Waals surface area contributed by atoms with Crippen molar-refractivity contribution >= 4 is 10.8 Å². The summed E-state index contributed by atoms with van der Waals surface area (Å²) in [5, 5.41) is 2.81. The van der Waals surface area contributed by atoms with Crippen LogP contribution in [-0.4, -0.2) is 28.8 Å². The van der Waals surface area contributed by atoms with E-state index in [1.807, 2.05) is 0 Å². The van der Waals surface area contributed by atoms with Gasteiger partial charge in [0.15, 0.2) is 11.5 Å². The summed E-state index contributed by atoms with van der Waals surface area (Å²) in [7, 11) is -2.81. The van der Waals surface area contributed by atoms with Crippen molar-refractivity contribution < 1.29 is 26.9 Å². The van der Waals surface area contributed by atoms with E-state index in [-0.39, 0.29) is 13.3 Å². The van der Waals surface area contributed by atoms with Crippen LogP contribution >= 0.6 is 0 Å². The van der Waals surface area contributed by atoms with Gasteiger partial charge in [-0.3, -0.25) is 4.21 Å². The normalized spacial score (nSPS) is 15.5. The minimum Gasteiger partial charge on any atom is -0.454 e. The van der Waals surface area contributed by atoms with E-state index in [1.54, 1.807) is 18.2 Å². The number of hydrogen-bond donors (Lipinski definition) is 1. The van der Waals surface area contributed by atoms with E-state index >= 15 is 0 Å². The van der Waals surface area contributed by atoms with Crippen LogP contribution in [0.4, 0.5) is 13.2 Å². The molecule has 1 aromatic rings. The largest absolute Gasteiger partial charge is 0.471 e. The number of nitrogens with one attached hydrogen (secondary N) is 1. The molecule has 0 bridgehead atoms. The van der Waals surface area contributed by atoms with Crippen LogP contribution < -0.4 is 14.8 Å². The van der Waals surface area contributed by atoms with Crippen molar-refractivity contribution in [3.63, 3.8) is 0 Å². The number of fused-ring (bicyclic) bond motifs is 1. The van der Waals surface area contributed by atoms with Gasteiger partial charge in [0.1, 0.15) is 10.8 Å². The number of benzene rings is 1. The Hall–Kier alpha value is -1.28. The topological polar surface area (TPSA) is 47.6 Å². The minimum absolute atomic E-state index is 0.0106. The molecular weight excluding hydrogens is 283 g/mol. The molecule has 0 aromatic heterocycles. The number of halogens is 3. The molecule has 1 aliphatic heterocycles. The maximum absolute atomic E-state index is 12.0. The van der Waals surface area contributed by atoms with E-state index in [0.29, 0.717) is 18.0 Å². The first kappa shape index (κ1) is 14.1. The van der Waals surface area contributed by atoms with Crippen molar-refractivity contribution in [2.24, 2.45) is 0 Å². The SMILES string of the molecule is O=S(CCNCc1cccc2c1OCO2)C(F)(F)F. The molecule has 1 atom stereocenters. The highest BCUT2D eigenvalue weighted by Crippen LogP contribution is 2.35. The van der Waals surface area contributed by atoms with Gasteiger partial charge in [-0.25, -0.2) is 0 Å². The second-order valence-electron chi connectivity index (χ2n) is 3.82. The van der Waals surface area contributed by atoms with E-state index in [2.05, 4.69) is 5.32 Å². The lowest BCUT2D eigenvalue weighted by Gasteiger charge is -2.08. The molecule has 1 N–H and O–H groups in total. The Morgan fingerprint density at radius 2 is 2.11 bits per heavy atom. The van der Waals surface area contributed by atoms with Crippen molar-refractivity contribution in [1.82, 2.24) is 5.32 Å². The predicted octanol–water partition coefficient (Wildman–Crippen LogP) is 1.77. The molecular formula is C11H12F3NO3S. The molecule has 1 unspecified atom stereocenters. The van der Waals surface area contributed by atoms with Crippen LogP contribution in [0.25, 0.3) is 0 Å². The maximum atomic E-state index is 12.0. The number of rotatable bonds is 5. The molecule has 106 valence electrons. The van der Waals surface area contributed by atoms with Crippen LogP contribution in [0.3, 0.4) is 0 Å². The van der Waals surface area contributed by atoms with Crippen LogP contribution in [0.15, 0.2) is 18.2 Å². The molecule has 1 aromatic carbocycles. The number of ether oxygens (including phenoxy) is 2. The third-order valence-electron chi connectivity index (χ3n) is 2.52. The molecule has 0 spiro atoms. The maximum Gasteiger partial charge on any atom is 0.471 e. The van der Waals surface area contributed by atoms with Gasteiger partial charge in [-0.2, -0.15) is 13.2 Å². The van der Waals surface area contributed by atoms with Gasteiger partial charge in [-0.05, 0) is 6.07 Å². The molecule has 2 rings (SSSR count). The van der Waals surface area contributed by atoms with Crippen molar-refractivity contribution in [3.05, 3.63) is 23.8 Å². The summed E-state index contributed by atoms with van der Waals surface area (Å²) >= 11 is 0. The zero-order chi connectivity index (χ0) is 13.9. The Morgan fingerprint density at radius 3 is 2.84 bits per heavy atom. The first-order valence-corrected chi connectivity index (χ1v) is 6.84. The van der Waals surface area contributed by atoms with E-state index in [0.717, 1.165) is 5.56 Å². The molecule has 1 heterocycles. The van der Waals surface area contributed by atoms with E-state index in [9.17, 15) is 17.4 Å². The Kier molecular flexibility index (Phi) is 4.31.